The van der Waals surface area contributed by atoms with Gasteiger partial charge in [-0.15, -0.1) is 0 Å². The maximum atomic E-state index is 5.66. The Morgan fingerprint density at radius 2 is 2.05 bits per heavy atom. The number of fused-ring (bicyclic) bond motifs is 1. The highest BCUT2D eigenvalue weighted by molar-refractivity contribution is 9.10. The van der Waals surface area contributed by atoms with Crippen LogP contribution in [0, 0.1) is 0 Å². The van der Waals surface area contributed by atoms with Crippen LogP contribution in [0.1, 0.15) is 0 Å². The van der Waals surface area contributed by atoms with Crippen molar-refractivity contribution in [2.24, 2.45) is 0 Å². The summed E-state index contributed by atoms with van der Waals surface area (Å²) in [5.41, 5.74) is 2.86. The number of benzene rings is 2. The Labute approximate surface area is 129 Å². The Balaban J connectivity index is 1.52. The number of rotatable bonds is 5. The van der Waals surface area contributed by atoms with Crippen molar-refractivity contribution < 1.29 is 4.42 Å². The first kappa shape index (κ1) is 13.5. The first-order valence-corrected chi connectivity index (χ1v) is 8.07. The van der Waals surface area contributed by atoms with Crippen molar-refractivity contribution in [1.29, 1.82) is 0 Å². The average molecular weight is 349 g/mol. The Morgan fingerprint density at radius 1 is 1.15 bits per heavy atom. The lowest BCUT2D eigenvalue weighted by Crippen LogP contribution is -2.03. The van der Waals surface area contributed by atoms with Crippen LogP contribution in [-0.2, 0) is 0 Å². The lowest BCUT2D eigenvalue weighted by molar-refractivity contribution is 0.489. The standard InChI is InChI=1S/C15H13BrN2OS/c16-11-4-3-5-12(10-11)17-8-9-20-15-18-13-6-1-2-7-14(13)19-15/h1-7,10,17H,8-9H2. The van der Waals surface area contributed by atoms with Crippen LogP contribution in [0.15, 0.2) is 62.6 Å². The minimum atomic E-state index is 0.724. The normalized spacial score (nSPS) is 10.8. The quantitative estimate of drug-likeness (QED) is 0.531. The van der Waals surface area contributed by atoms with E-state index in [1.807, 2.05) is 36.4 Å². The number of aromatic nitrogens is 1. The molecule has 1 heterocycles. The van der Waals surface area contributed by atoms with Crippen LogP contribution in [0.5, 0.6) is 0 Å². The predicted octanol–water partition coefficient (Wildman–Crippen LogP) is 4.79. The number of halogens is 1. The molecule has 0 atom stereocenters. The maximum Gasteiger partial charge on any atom is 0.256 e. The minimum absolute atomic E-state index is 0.724. The van der Waals surface area contributed by atoms with E-state index in [-0.39, 0.29) is 0 Å². The highest BCUT2D eigenvalue weighted by Gasteiger charge is 2.04. The lowest BCUT2D eigenvalue weighted by Gasteiger charge is -2.05. The SMILES string of the molecule is Brc1cccc(NCCSc2nc3ccccc3o2)c1. The van der Waals surface area contributed by atoms with Gasteiger partial charge >= 0.3 is 0 Å². The van der Waals surface area contributed by atoms with Crippen LogP contribution in [0.2, 0.25) is 0 Å². The number of nitrogens with zero attached hydrogens (tertiary/aromatic N) is 1. The summed E-state index contributed by atoms with van der Waals surface area (Å²) in [5, 5.41) is 4.09. The van der Waals surface area contributed by atoms with Crippen LogP contribution in [0.4, 0.5) is 5.69 Å². The largest absolute Gasteiger partial charge is 0.431 e. The van der Waals surface area contributed by atoms with Gasteiger partial charge in [-0.05, 0) is 30.3 Å². The van der Waals surface area contributed by atoms with E-state index < -0.39 is 0 Å². The Hall–Kier alpha value is -1.46. The average Bonchev–Trinajstić information content (AvgIpc) is 2.86. The molecule has 0 saturated heterocycles. The number of oxazole rings is 1. The fourth-order valence-corrected chi connectivity index (χ4v) is 2.93. The first-order valence-electron chi connectivity index (χ1n) is 6.29. The number of thioether (sulfide) groups is 1. The molecule has 5 heteroatoms. The van der Waals surface area contributed by atoms with Crippen LogP contribution in [0.25, 0.3) is 11.1 Å². The molecule has 0 bridgehead atoms. The monoisotopic (exact) mass is 348 g/mol. The van der Waals surface area contributed by atoms with Gasteiger partial charge in [0.05, 0.1) is 0 Å². The molecule has 1 N–H and O–H groups in total. The van der Waals surface area contributed by atoms with E-state index >= 15 is 0 Å². The molecule has 0 aliphatic rings. The van der Waals surface area contributed by atoms with Crippen LogP contribution in [0.3, 0.4) is 0 Å². The van der Waals surface area contributed by atoms with Gasteiger partial charge in [0.15, 0.2) is 5.58 Å². The van der Waals surface area contributed by atoms with Gasteiger partial charge in [0.2, 0.25) is 0 Å². The van der Waals surface area contributed by atoms with Crippen LogP contribution in [-0.4, -0.2) is 17.3 Å². The van der Waals surface area contributed by atoms with Crippen molar-refractivity contribution in [2.75, 3.05) is 17.6 Å². The van der Waals surface area contributed by atoms with Gasteiger partial charge in [0.1, 0.15) is 5.52 Å². The molecule has 0 radical (unpaired) electrons. The second-order valence-electron chi connectivity index (χ2n) is 4.23. The van der Waals surface area contributed by atoms with Crippen molar-refractivity contribution in [3.8, 4) is 0 Å². The molecule has 20 heavy (non-hydrogen) atoms. The van der Waals surface area contributed by atoms with E-state index in [9.17, 15) is 0 Å². The number of para-hydroxylation sites is 2. The highest BCUT2D eigenvalue weighted by atomic mass is 79.9. The zero-order valence-corrected chi connectivity index (χ0v) is 13.1. The van der Waals surface area contributed by atoms with E-state index in [1.54, 1.807) is 11.8 Å². The summed E-state index contributed by atoms with van der Waals surface area (Å²) < 4.78 is 6.73. The van der Waals surface area contributed by atoms with Crippen molar-refractivity contribution in [3.05, 3.63) is 53.0 Å². The number of hydrogen-bond donors (Lipinski definition) is 1. The Kier molecular flexibility index (Phi) is 4.28. The number of anilines is 1. The molecule has 0 unspecified atom stereocenters. The van der Waals surface area contributed by atoms with E-state index in [0.717, 1.165) is 38.8 Å². The molecule has 0 fully saturated rings. The number of nitrogens with one attached hydrogen (secondary N) is 1. The molecule has 3 rings (SSSR count). The molecule has 3 nitrogen and oxygen atoms in total. The van der Waals surface area contributed by atoms with Gasteiger partial charge in [0, 0.05) is 22.5 Å². The fraction of sp³-hybridized carbons (Fsp3) is 0.133. The molecule has 0 amide bonds. The summed E-state index contributed by atoms with van der Waals surface area (Å²) in [7, 11) is 0. The molecule has 0 aliphatic heterocycles. The zero-order valence-electron chi connectivity index (χ0n) is 10.7. The Bertz CT molecular complexity index is 681. The summed E-state index contributed by atoms with van der Waals surface area (Å²) in [6, 6.07) is 16.0. The predicted molar refractivity (Wildman–Crippen MR) is 87.4 cm³/mol. The minimum Gasteiger partial charge on any atom is -0.431 e. The van der Waals surface area contributed by atoms with Crippen molar-refractivity contribution in [1.82, 2.24) is 4.98 Å². The van der Waals surface area contributed by atoms with Crippen molar-refractivity contribution >= 4 is 44.5 Å². The summed E-state index contributed by atoms with van der Waals surface area (Å²) in [5.74, 6) is 0.902. The van der Waals surface area contributed by atoms with Gasteiger partial charge in [-0.2, -0.15) is 0 Å². The van der Waals surface area contributed by atoms with Gasteiger partial charge in [-0.3, -0.25) is 0 Å². The smallest absolute Gasteiger partial charge is 0.256 e. The summed E-state index contributed by atoms with van der Waals surface area (Å²) >= 11 is 5.07. The summed E-state index contributed by atoms with van der Waals surface area (Å²) in [6.07, 6.45) is 0. The summed E-state index contributed by atoms with van der Waals surface area (Å²) in [6.45, 7) is 0.861. The van der Waals surface area contributed by atoms with Gasteiger partial charge in [-0.1, -0.05) is 45.9 Å². The second-order valence-corrected chi connectivity index (χ2v) is 6.19. The van der Waals surface area contributed by atoms with E-state index in [0.29, 0.717) is 0 Å². The molecule has 0 aliphatic carbocycles. The third-order valence-electron chi connectivity index (χ3n) is 2.76. The maximum absolute atomic E-state index is 5.66. The molecule has 1 aromatic heterocycles. The van der Waals surface area contributed by atoms with Gasteiger partial charge in [-0.25, -0.2) is 4.98 Å². The fourth-order valence-electron chi connectivity index (χ4n) is 1.84. The molecule has 102 valence electrons. The Morgan fingerprint density at radius 3 is 2.90 bits per heavy atom. The molecule has 2 aromatic carbocycles. The third-order valence-corrected chi connectivity index (χ3v) is 4.08. The van der Waals surface area contributed by atoms with Gasteiger partial charge < -0.3 is 9.73 Å². The highest BCUT2D eigenvalue weighted by Crippen LogP contribution is 2.23. The van der Waals surface area contributed by atoms with E-state index in [2.05, 4.69) is 38.4 Å². The van der Waals surface area contributed by atoms with E-state index in [1.165, 1.54) is 0 Å². The van der Waals surface area contributed by atoms with E-state index in [4.69, 9.17) is 4.42 Å². The lowest BCUT2D eigenvalue weighted by atomic mass is 10.3. The van der Waals surface area contributed by atoms with Crippen LogP contribution < -0.4 is 5.32 Å². The first-order chi connectivity index (χ1) is 9.81. The third kappa shape index (κ3) is 3.35. The topological polar surface area (TPSA) is 38.1 Å². The molecule has 0 spiro atoms. The molecular weight excluding hydrogens is 336 g/mol. The van der Waals surface area contributed by atoms with Gasteiger partial charge in [0.25, 0.3) is 5.22 Å². The number of hydrogen-bond acceptors (Lipinski definition) is 4. The van der Waals surface area contributed by atoms with Crippen LogP contribution >= 0.6 is 27.7 Å². The molecule has 0 saturated carbocycles. The second kappa shape index (κ2) is 6.33. The zero-order chi connectivity index (χ0) is 13.8. The van der Waals surface area contributed by atoms with Crippen molar-refractivity contribution in [2.45, 2.75) is 5.22 Å². The molecule has 3 aromatic rings. The molecular formula is C15H13BrN2OS. The van der Waals surface area contributed by atoms with Crippen molar-refractivity contribution in [3.63, 3.8) is 0 Å². The summed E-state index contributed by atoms with van der Waals surface area (Å²) in [4.78, 5) is 4.43.